The molecule has 0 radical (unpaired) electrons. The molecule has 1 aromatic carbocycles. The highest BCUT2D eigenvalue weighted by Crippen LogP contribution is 2.18. The number of amides is 1. The maximum Gasteiger partial charge on any atom is 0.251 e. The van der Waals surface area contributed by atoms with Crippen LogP contribution in [0.5, 0.6) is 0 Å². The van der Waals surface area contributed by atoms with Crippen molar-refractivity contribution < 1.29 is 22.4 Å². The molecule has 1 aliphatic rings. The zero-order valence-electron chi connectivity index (χ0n) is 13.8. The van der Waals surface area contributed by atoms with E-state index in [2.05, 4.69) is 5.32 Å². The topological polar surface area (TPSA) is 88.9 Å². The third kappa shape index (κ3) is 3.92. The number of carbonyl (C=O) groups is 1. The molecule has 1 saturated heterocycles. The van der Waals surface area contributed by atoms with Crippen LogP contribution in [-0.2, 0) is 14.8 Å². The van der Waals surface area contributed by atoms with Gasteiger partial charge in [-0.05, 0) is 43.3 Å². The van der Waals surface area contributed by atoms with Crippen molar-refractivity contribution in [3.05, 3.63) is 54.0 Å². The summed E-state index contributed by atoms with van der Waals surface area (Å²) in [5, 5.41) is 2.81. The van der Waals surface area contributed by atoms with Crippen molar-refractivity contribution in [2.75, 3.05) is 26.3 Å². The highest BCUT2D eigenvalue weighted by atomic mass is 32.2. The van der Waals surface area contributed by atoms with Crippen LogP contribution < -0.4 is 5.32 Å². The summed E-state index contributed by atoms with van der Waals surface area (Å²) in [5.74, 6) is 0.360. The van der Waals surface area contributed by atoms with Gasteiger partial charge in [-0.15, -0.1) is 0 Å². The number of benzene rings is 1. The van der Waals surface area contributed by atoms with Crippen molar-refractivity contribution in [3.8, 4) is 0 Å². The Morgan fingerprint density at radius 3 is 2.44 bits per heavy atom. The number of carbonyl (C=O) groups excluding carboxylic acids is 1. The van der Waals surface area contributed by atoms with Crippen LogP contribution in [0.3, 0.4) is 0 Å². The van der Waals surface area contributed by atoms with Crippen molar-refractivity contribution >= 4 is 15.9 Å². The Morgan fingerprint density at radius 2 is 1.84 bits per heavy atom. The highest BCUT2D eigenvalue weighted by Gasteiger charge is 2.26. The Labute approximate surface area is 146 Å². The number of rotatable bonds is 5. The summed E-state index contributed by atoms with van der Waals surface area (Å²) in [7, 11) is -3.56. The first-order valence-electron chi connectivity index (χ1n) is 8.01. The zero-order chi connectivity index (χ0) is 17.9. The second-order valence-corrected chi connectivity index (χ2v) is 7.69. The monoisotopic (exact) mass is 364 g/mol. The lowest BCUT2D eigenvalue weighted by Gasteiger charge is -2.26. The van der Waals surface area contributed by atoms with Gasteiger partial charge >= 0.3 is 0 Å². The van der Waals surface area contributed by atoms with E-state index in [1.165, 1.54) is 28.6 Å². The molecule has 0 spiro atoms. The van der Waals surface area contributed by atoms with E-state index in [0.29, 0.717) is 37.6 Å². The van der Waals surface area contributed by atoms with Crippen LogP contribution in [0.15, 0.2) is 52.0 Å². The predicted molar refractivity (Wildman–Crippen MR) is 90.6 cm³/mol. The molecule has 1 amide bonds. The molecule has 0 aliphatic carbocycles. The molecule has 7 nitrogen and oxygen atoms in total. The molecule has 1 N–H and O–H groups in total. The molecule has 0 bridgehead atoms. The smallest absolute Gasteiger partial charge is 0.251 e. The number of hydrogen-bond donors (Lipinski definition) is 1. The van der Waals surface area contributed by atoms with E-state index in [1.54, 1.807) is 18.4 Å². The molecule has 134 valence electrons. The van der Waals surface area contributed by atoms with E-state index in [9.17, 15) is 13.2 Å². The first-order chi connectivity index (χ1) is 12.0. The summed E-state index contributed by atoms with van der Waals surface area (Å²) >= 11 is 0. The highest BCUT2D eigenvalue weighted by molar-refractivity contribution is 7.89. The summed E-state index contributed by atoms with van der Waals surface area (Å²) in [6, 6.07) is 9.19. The van der Waals surface area contributed by atoms with Crippen molar-refractivity contribution in [3.63, 3.8) is 0 Å². The van der Waals surface area contributed by atoms with Gasteiger partial charge in [0.2, 0.25) is 10.0 Å². The minimum atomic E-state index is -3.56. The minimum absolute atomic E-state index is 0.171. The molecular weight excluding hydrogens is 344 g/mol. The van der Waals surface area contributed by atoms with Gasteiger partial charge in [0.25, 0.3) is 5.91 Å². The maximum atomic E-state index is 12.6. The molecule has 1 fully saturated rings. The quantitative estimate of drug-likeness (QED) is 0.874. The summed E-state index contributed by atoms with van der Waals surface area (Å²) in [6.45, 7) is 3.28. The lowest BCUT2D eigenvalue weighted by Crippen LogP contribution is -2.40. The third-order valence-electron chi connectivity index (χ3n) is 4.04. The average Bonchev–Trinajstić information content (AvgIpc) is 3.17. The van der Waals surface area contributed by atoms with E-state index in [-0.39, 0.29) is 16.8 Å². The lowest BCUT2D eigenvalue weighted by atomic mass is 10.2. The van der Waals surface area contributed by atoms with Crippen LogP contribution in [0.1, 0.15) is 29.1 Å². The first-order valence-corrected chi connectivity index (χ1v) is 9.45. The summed E-state index contributed by atoms with van der Waals surface area (Å²) in [5.41, 5.74) is 0.388. The fraction of sp³-hybridized carbons (Fsp3) is 0.353. The predicted octanol–water partition coefficient (Wildman–Crippen LogP) is 1.79. The number of ether oxygens (including phenoxy) is 1. The molecule has 2 heterocycles. The molecule has 1 aliphatic heterocycles. The Hall–Kier alpha value is -2.16. The number of furan rings is 1. The molecule has 1 aromatic heterocycles. The number of morpholine rings is 1. The standard InChI is InChI=1S/C17H20N2O5S/c1-13(16-3-2-10-24-16)18-17(20)14-4-6-15(7-5-14)25(21,22)19-8-11-23-12-9-19/h2-7,10,13H,8-9,11-12H2,1H3,(H,18,20)/t13-/m0/s1. The Kier molecular flexibility index (Phi) is 5.22. The minimum Gasteiger partial charge on any atom is -0.467 e. The van der Waals surface area contributed by atoms with Gasteiger partial charge in [0.15, 0.2) is 0 Å². The van der Waals surface area contributed by atoms with Gasteiger partial charge in [0.1, 0.15) is 5.76 Å². The molecule has 8 heteroatoms. The van der Waals surface area contributed by atoms with E-state index in [4.69, 9.17) is 9.15 Å². The fourth-order valence-corrected chi connectivity index (χ4v) is 4.01. The van der Waals surface area contributed by atoms with Gasteiger partial charge in [0, 0.05) is 18.7 Å². The van der Waals surface area contributed by atoms with E-state index in [0.717, 1.165) is 0 Å². The second-order valence-electron chi connectivity index (χ2n) is 5.75. The summed E-state index contributed by atoms with van der Waals surface area (Å²) in [6.07, 6.45) is 1.54. The van der Waals surface area contributed by atoms with Gasteiger partial charge in [0.05, 0.1) is 30.4 Å². The Balaban J connectivity index is 1.70. The van der Waals surface area contributed by atoms with Crippen LogP contribution in [0.4, 0.5) is 0 Å². The van der Waals surface area contributed by atoms with E-state index in [1.807, 2.05) is 6.92 Å². The molecule has 1 atom stereocenters. The SMILES string of the molecule is C[C@H](NC(=O)c1ccc(S(=O)(=O)N2CCOCC2)cc1)c1ccco1. The summed E-state index contributed by atoms with van der Waals surface area (Å²) < 4.78 is 36.9. The number of nitrogens with one attached hydrogen (secondary N) is 1. The third-order valence-corrected chi connectivity index (χ3v) is 5.95. The molecule has 3 rings (SSSR count). The van der Waals surface area contributed by atoms with Gasteiger partial charge in [-0.3, -0.25) is 4.79 Å². The molecule has 0 unspecified atom stereocenters. The Bertz CT molecular complexity index is 809. The van der Waals surface area contributed by atoms with Gasteiger partial charge in [-0.1, -0.05) is 0 Å². The fourth-order valence-electron chi connectivity index (χ4n) is 2.60. The molecular formula is C17H20N2O5S. The van der Waals surface area contributed by atoms with E-state index < -0.39 is 10.0 Å². The molecule has 25 heavy (non-hydrogen) atoms. The molecule has 0 saturated carbocycles. The van der Waals surface area contributed by atoms with Crippen molar-refractivity contribution in [1.82, 2.24) is 9.62 Å². The van der Waals surface area contributed by atoms with Crippen molar-refractivity contribution in [2.45, 2.75) is 17.9 Å². The second kappa shape index (κ2) is 7.38. The zero-order valence-corrected chi connectivity index (χ0v) is 14.7. The van der Waals surface area contributed by atoms with Crippen molar-refractivity contribution in [1.29, 1.82) is 0 Å². The largest absolute Gasteiger partial charge is 0.467 e. The van der Waals surface area contributed by atoms with Crippen LogP contribution in [0.25, 0.3) is 0 Å². The summed E-state index contributed by atoms with van der Waals surface area (Å²) in [4.78, 5) is 12.5. The average molecular weight is 364 g/mol. The van der Waals surface area contributed by atoms with Gasteiger partial charge in [-0.25, -0.2) is 8.42 Å². The van der Waals surface area contributed by atoms with Gasteiger partial charge in [-0.2, -0.15) is 4.31 Å². The van der Waals surface area contributed by atoms with Crippen LogP contribution >= 0.6 is 0 Å². The number of hydrogen-bond acceptors (Lipinski definition) is 5. The first kappa shape index (κ1) is 17.7. The number of nitrogens with zero attached hydrogens (tertiary/aromatic N) is 1. The molecule has 2 aromatic rings. The van der Waals surface area contributed by atoms with Crippen molar-refractivity contribution in [2.24, 2.45) is 0 Å². The number of sulfonamides is 1. The normalized spacial score (nSPS) is 17.2. The van der Waals surface area contributed by atoms with Crippen LogP contribution in [0.2, 0.25) is 0 Å². The van der Waals surface area contributed by atoms with Crippen LogP contribution in [-0.4, -0.2) is 44.9 Å². The lowest BCUT2D eigenvalue weighted by molar-refractivity contribution is 0.0730. The van der Waals surface area contributed by atoms with Crippen LogP contribution in [0, 0.1) is 0 Å². The Morgan fingerprint density at radius 1 is 1.16 bits per heavy atom. The van der Waals surface area contributed by atoms with E-state index >= 15 is 0 Å². The van der Waals surface area contributed by atoms with Gasteiger partial charge < -0.3 is 14.5 Å². The maximum absolute atomic E-state index is 12.6.